The summed E-state index contributed by atoms with van der Waals surface area (Å²) in [7, 11) is 5.61. The molecule has 2 heterocycles. The first-order valence-electron chi connectivity index (χ1n) is 10.2. The first-order valence-corrected chi connectivity index (χ1v) is 11.4. The second-order valence-corrected chi connectivity index (χ2v) is 9.73. The first-order chi connectivity index (χ1) is 14.4. The van der Waals surface area contributed by atoms with Crippen LogP contribution in [0.5, 0.6) is 0 Å². The number of fused-ring (bicyclic) bond motifs is 1. The van der Waals surface area contributed by atoms with Crippen LogP contribution in [-0.4, -0.2) is 48.8 Å². The van der Waals surface area contributed by atoms with Gasteiger partial charge >= 0.3 is 0 Å². The van der Waals surface area contributed by atoms with Gasteiger partial charge in [-0.3, -0.25) is 0 Å². The smallest absolute Gasteiger partial charge is 0.228 e. The summed E-state index contributed by atoms with van der Waals surface area (Å²) in [6.07, 6.45) is 1.04. The van der Waals surface area contributed by atoms with Gasteiger partial charge < -0.3 is 15.0 Å². The van der Waals surface area contributed by atoms with Gasteiger partial charge in [0.1, 0.15) is 16.0 Å². The predicted octanol–water partition coefficient (Wildman–Crippen LogP) is 5.19. The molecule has 1 aliphatic carbocycles. The Kier molecular flexibility index (Phi) is 6.14. The third kappa shape index (κ3) is 3.98. The van der Waals surface area contributed by atoms with E-state index in [1.54, 1.807) is 18.4 Å². The number of para-hydroxylation sites is 1. The van der Waals surface area contributed by atoms with Gasteiger partial charge in [-0.15, -0.1) is 11.3 Å². The van der Waals surface area contributed by atoms with E-state index in [4.69, 9.17) is 26.3 Å². The molecule has 0 spiro atoms. The molecule has 4 atom stereocenters. The van der Waals surface area contributed by atoms with Gasteiger partial charge in [-0.05, 0) is 36.3 Å². The Hall–Kier alpha value is -1.96. The normalized spacial score (nSPS) is 23.8. The fourth-order valence-electron chi connectivity index (χ4n) is 4.25. The van der Waals surface area contributed by atoms with Crippen LogP contribution < -0.4 is 10.2 Å². The van der Waals surface area contributed by atoms with Crippen molar-refractivity contribution in [3.63, 3.8) is 0 Å². The maximum Gasteiger partial charge on any atom is 0.228 e. The Bertz CT molecular complexity index is 1010. The van der Waals surface area contributed by atoms with Crippen molar-refractivity contribution in [2.75, 3.05) is 38.0 Å². The van der Waals surface area contributed by atoms with Crippen LogP contribution in [0, 0.1) is 17.8 Å². The molecule has 0 radical (unpaired) electrons. The number of thiazole rings is 1. The van der Waals surface area contributed by atoms with Crippen LogP contribution in [0.4, 0.5) is 11.8 Å². The molecule has 0 amide bonds. The molecule has 0 unspecified atom stereocenters. The summed E-state index contributed by atoms with van der Waals surface area (Å²) >= 11 is 8.31. The molecule has 0 aliphatic heterocycles. The van der Waals surface area contributed by atoms with Crippen molar-refractivity contribution >= 4 is 44.9 Å². The average molecular weight is 446 g/mol. The quantitative estimate of drug-likeness (QED) is 0.526. The molecular formula is C22H28ClN5OS. The molecule has 2 aromatic heterocycles. The van der Waals surface area contributed by atoms with Crippen molar-refractivity contribution in [2.24, 2.45) is 17.8 Å². The number of benzene rings is 1. The Morgan fingerprint density at radius 2 is 1.93 bits per heavy atom. The Balaban J connectivity index is 1.75. The van der Waals surface area contributed by atoms with E-state index in [0.717, 1.165) is 39.6 Å². The minimum atomic E-state index is 0.286. The fourth-order valence-corrected chi connectivity index (χ4v) is 5.57. The summed E-state index contributed by atoms with van der Waals surface area (Å²) < 4.78 is 6.57. The van der Waals surface area contributed by atoms with Crippen molar-refractivity contribution in [1.82, 2.24) is 15.0 Å². The lowest BCUT2D eigenvalue weighted by molar-refractivity contribution is 0.131. The lowest BCUT2D eigenvalue weighted by atomic mass is 9.92. The highest BCUT2D eigenvalue weighted by Crippen LogP contribution is 2.42. The number of nitrogens with zero attached hydrogens (tertiary/aromatic N) is 4. The van der Waals surface area contributed by atoms with Crippen LogP contribution in [0.15, 0.2) is 24.3 Å². The second kappa shape index (κ2) is 8.65. The largest absolute Gasteiger partial charge is 0.384 e. The Morgan fingerprint density at radius 1 is 1.17 bits per heavy atom. The zero-order valence-corrected chi connectivity index (χ0v) is 19.6. The van der Waals surface area contributed by atoms with Crippen LogP contribution >= 0.6 is 22.9 Å². The summed E-state index contributed by atoms with van der Waals surface area (Å²) in [5.41, 5.74) is 1.73. The molecule has 8 heteroatoms. The van der Waals surface area contributed by atoms with Crippen LogP contribution in [0.2, 0.25) is 5.15 Å². The summed E-state index contributed by atoms with van der Waals surface area (Å²) in [4.78, 5) is 16.0. The summed E-state index contributed by atoms with van der Waals surface area (Å²) in [6, 6.07) is 8.39. The SMILES string of the molecule is COC[C@H]1C[C@@H](Nc2nc(N(C)C)nc(Cl)c2-c2nc3ccccc3s2)[C@H](C)[C@@H]1C. The first kappa shape index (κ1) is 21.3. The number of hydrogen-bond acceptors (Lipinski definition) is 7. The number of methoxy groups -OCH3 is 1. The molecular weight excluding hydrogens is 418 g/mol. The van der Waals surface area contributed by atoms with Gasteiger partial charge in [0.05, 0.1) is 15.8 Å². The highest BCUT2D eigenvalue weighted by Gasteiger charge is 2.38. The molecule has 30 heavy (non-hydrogen) atoms. The van der Waals surface area contributed by atoms with E-state index in [0.29, 0.717) is 28.9 Å². The topological polar surface area (TPSA) is 63.2 Å². The summed E-state index contributed by atoms with van der Waals surface area (Å²) in [5, 5.41) is 4.96. The molecule has 0 bridgehead atoms. The molecule has 1 saturated carbocycles. The van der Waals surface area contributed by atoms with Gasteiger partial charge in [0.15, 0.2) is 0 Å². The highest BCUT2D eigenvalue weighted by molar-refractivity contribution is 7.21. The summed E-state index contributed by atoms with van der Waals surface area (Å²) in [5.74, 6) is 2.92. The predicted molar refractivity (Wildman–Crippen MR) is 126 cm³/mol. The molecule has 160 valence electrons. The molecule has 0 saturated heterocycles. The number of halogens is 1. The third-order valence-corrected chi connectivity index (χ3v) is 7.56. The van der Waals surface area contributed by atoms with Gasteiger partial charge in [-0.2, -0.15) is 4.98 Å². The maximum atomic E-state index is 6.70. The maximum absolute atomic E-state index is 6.70. The molecule has 4 rings (SSSR count). The number of rotatable bonds is 6. The van der Waals surface area contributed by atoms with E-state index in [2.05, 4.69) is 30.2 Å². The van der Waals surface area contributed by atoms with Gasteiger partial charge in [-0.25, -0.2) is 9.97 Å². The lowest BCUT2D eigenvalue weighted by Crippen LogP contribution is -2.26. The molecule has 3 aromatic rings. The minimum Gasteiger partial charge on any atom is -0.384 e. The Labute approximate surface area is 186 Å². The number of aromatic nitrogens is 3. The number of ether oxygens (including phenoxy) is 1. The fraction of sp³-hybridized carbons (Fsp3) is 0.500. The highest BCUT2D eigenvalue weighted by atomic mass is 35.5. The zero-order valence-electron chi connectivity index (χ0n) is 18.0. The number of anilines is 2. The van der Waals surface area contributed by atoms with Gasteiger partial charge in [0.25, 0.3) is 0 Å². The second-order valence-electron chi connectivity index (χ2n) is 8.34. The van der Waals surface area contributed by atoms with Gasteiger partial charge in [-0.1, -0.05) is 37.6 Å². The van der Waals surface area contributed by atoms with Gasteiger partial charge in [0, 0.05) is 33.9 Å². The molecule has 1 aromatic carbocycles. The standard InChI is InChI=1S/C22H28ClN5OS/c1-12-13(2)16(10-14(12)11-29-5)24-20-18(19(23)26-22(27-20)28(3)4)21-25-15-8-6-7-9-17(15)30-21/h6-9,12-14,16H,10-11H2,1-5H3,(H,24,26,27)/t12-,13+,14+,16+/m0/s1. The average Bonchev–Trinajstić information content (AvgIpc) is 3.24. The van der Waals surface area contributed by atoms with Crippen molar-refractivity contribution in [3.05, 3.63) is 29.4 Å². The van der Waals surface area contributed by atoms with Crippen LogP contribution in [0.25, 0.3) is 20.8 Å². The zero-order chi connectivity index (χ0) is 21.4. The Morgan fingerprint density at radius 3 is 2.63 bits per heavy atom. The van der Waals surface area contributed by atoms with Crippen LogP contribution in [0.1, 0.15) is 20.3 Å². The van der Waals surface area contributed by atoms with Crippen molar-refractivity contribution in [1.29, 1.82) is 0 Å². The molecule has 6 nitrogen and oxygen atoms in total. The number of nitrogens with one attached hydrogen (secondary N) is 1. The van der Waals surface area contributed by atoms with Crippen molar-refractivity contribution in [3.8, 4) is 10.6 Å². The van der Waals surface area contributed by atoms with Crippen LogP contribution in [-0.2, 0) is 4.74 Å². The minimum absolute atomic E-state index is 0.286. The molecule has 1 N–H and O–H groups in total. The van der Waals surface area contributed by atoms with Crippen LogP contribution in [0.3, 0.4) is 0 Å². The molecule has 1 aliphatic rings. The summed E-state index contributed by atoms with van der Waals surface area (Å²) in [6.45, 7) is 5.38. The number of hydrogen-bond donors (Lipinski definition) is 1. The molecule has 1 fully saturated rings. The van der Waals surface area contributed by atoms with E-state index < -0.39 is 0 Å². The van der Waals surface area contributed by atoms with E-state index in [-0.39, 0.29) is 6.04 Å². The van der Waals surface area contributed by atoms with E-state index >= 15 is 0 Å². The van der Waals surface area contributed by atoms with E-state index in [1.165, 1.54) is 0 Å². The van der Waals surface area contributed by atoms with Crippen molar-refractivity contribution < 1.29 is 4.74 Å². The lowest BCUT2D eigenvalue weighted by Gasteiger charge is -2.23. The van der Waals surface area contributed by atoms with Crippen molar-refractivity contribution in [2.45, 2.75) is 26.3 Å². The van der Waals surface area contributed by atoms with E-state index in [1.807, 2.05) is 37.2 Å². The third-order valence-electron chi connectivity index (χ3n) is 6.23. The van der Waals surface area contributed by atoms with Gasteiger partial charge in [0.2, 0.25) is 5.95 Å². The monoisotopic (exact) mass is 445 g/mol. The van der Waals surface area contributed by atoms with E-state index in [9.17, 15) is 0 Å².